The Bertz CT molecular complexity index is 180. The molecular weight excluding hydrogens is 230 g/mol. The molecule has 0 radical (unpaired) electrons. The molecule has 3 heteroatoms. The van der Waals surface area contributed by atoms with Gasteiger partial charge in [0.15, 0.2) is 0 Å². The summed E-state index contributed by atoms with van der Waals surface area (Å²) >= 11 is 3.43. The molecule has 1 saturated heterocycles. The van der Waals surface area contributed by atoms with Crippen LogP contribution in [-0.4, -0.2) is 28.2 Å². The number of nitrogens with zero attached hydrogens (tertiary/aromatic N) is 1. The summed E-state index contributed by atoms with van der Waals surface area (Å²) in [6, 6.07) is 0.452. The summed E-state index contributed by atoms with van der Waals surface area (Å²) in [7, 11) is 0. The number of hydrogen-bond acceptors (Lipinski definition) is 1. The van der Waals surface area contributed by atoms with Crippen molar-refractivity contribution in [1.82, 2.24) is 4.90 Å². The van der Waals surface area contributed by atoms with E-state index in [0.29, 0.717) is 11.9 Å². The Morgan fingerprint density at radius 2 is 2.15 bits per heavy atom. The minimum Gasteiger partial charge on any atom is -0.339 e. The van der Waals surface area contributed by atoms with Gasteiger partial charge in [-0.25, -0.2) is 0 Å². The highest BCUT2D eigenvalue weighted by molar-refractivity contribution is 9.10. The third-order valence-corrected chi connectivity index (χ3v) is 3.64. The Balaban J connectivity index is 2.61. The third-order valence-electron chi connectivity index (χ3n) is 2.79. The van der Waals surface area contributed by atoms with E-state index in [2.05, 4.69) is 29.8 Å². The van der Waals surface area contributed by atoms with Crippen LogP contribution in [0.25, 0.3) is 0 Å². The van der Waals surface area contributed by atoms with Crippen molar-refractivity contribution in [1.29, 1.82) is 0 Å². The summed E-state index contributed by atoms with van der Waals surface area (Å²) in [6.45, 7) is 5.26. The number of hydrogen-bond donors (Lipinski definition) is 0. The van der Waals surface area contributed by atoms with Gasteiger partial charge in [0.2, 0.25) is 5.91 Å². The predicted molar refractivity (Wildman–Crippen MR) is 58.0 cm³/mol. The van der Waals surface area contributed by atoms with Crippen LogP contribution in [0.1, 0.15) is 39.5 Å². The number of amides is 1. The van der Waals surface area contributed by atoms with E-state index >= 15 is 0 Å². The fourth-order valence-electron chi connectivity index (χ4n) is 1.95. The zero-order valence-corrected chi connectivity index (χ0v) is 10.0. The molecule has 0 aromatic heterocycles. The monoisotopic (exact) mass is 247 g/mol. The maximum Gasteiger partial charge on any atom is 0.236 e. The zero-order chi connectivity index (χ0) is 9.84. The average molecular weight is 248 g/mol. The highest BCUT2D eigenvalue weighted by atomic mass is 79.9. The molecule has 2 nitrogen and oxygen atoms in total. The van der Waals surface area contributed by atoms with Gasteiger partial charge in [-0.3, -0.25) is 4.79 Å². The second kappa shape index (κ2) is 4.99. The SMILES string of the molecule is CCC(CC)N1CCCC(Br)C1=O. The van der Waals surface area contributed by atoms with Gasteiger partial charge in [0, 0.05) is 12.6 Å². The maximum absolute atomic E-state index is 11.8. The summed E-state index contributed by atoms with van der Waals surface area (Å²) in [6.07, 6.45) is 4.28. The minimum atomic E-state index is 0.0712. The van der Waals surface area contributed by atoms with Crippen molar-refractivity contribution in [3.63, 3.8) is 0 Å². The normalized spacial score (nSPS) is 24.2. The molecular formula is C10H18BrNO. The van der Waals surface area contributed by atoms with Crippen LogP contribution in [0.4, 0.5) is 0 Å². The van der Waals surface area contributed by atoms with Gasteiger partial charge in [-0.1, -0.05) is 29.8 Å². The molecule has 76 valence electrons. The summed E-state index contributed by atoms with van der Waals surface area (Å²) in [5, 5.41) is 0. The zero-order valence-electron chi connectivity index (χ0n) is 8.42. The Hall–Kier alpha value is -0.0500. The smallest absolute Gasteiger partial charge is 0.236 e. The maximum atomic E-state index is 11.8. The van der Waals surface area contributed by atoms with E-state index in [1.165, 1.54) is 0 Å². The first kappa shape index (κ1) is 11.0. The largest absolute Gasteiger partial charge is 0.339 e. The predicted octanol–water partition coefficient (Wildman–Crippen LogP) is 2.56. The second-order valence-electron chi connectivity index (χ2n) is 3.61. The first-order valence-electron chi connectivity index (χ1n) is 5.15. The van der Waals surface area contributed by atoms with Crippen molar-refractivity contribution in [2.75, 3.05) is 6.54 Å². The van der Waals surface area contributed by atoms with E-state index in [1.54, 1.807) is 0 Å². The van der Waals surface area contributed by atoms with E-state index in [9.17, 15) is 4.79 Å². The summed E-state index contributed by atoms with van der Waals surface area (Å²) < 4.78 is 0. The first-order valence-corrected chi connectivity index (χ1v) is 6.06. The van der Waals surface area contributed by atoms with Crippen molar-refractivity contribution >= 4 is 21.8 Å². The molecule has 1 heterocycles. The fraction of sp³-hybridized carbons (Fsp3) is 0.900. The van der Waals surface area contributed by atoms with E-state index in [-0.39, 0.29) is 4.83 Å². The Kier molecular flexibility index (Phi) is 4.23. The van der Waals surface area contributed by atoms with Crippen LogP contribution in [0, 0.1) is 0 Å². The Morgan fingerprint density at radius 1 is 1.54 bits per heavy atom. The van der Waals surface area contributed by atoms with Crippen LogP contribution in [-0.2, 0) is 4.79 Å². The lowest BCUT2D eigenvalue weighted by Gasteiger charge is -2.35. The molecule has 1 amide bonds. The lowest BCUT2D eigenvalue weighted by atomic mass is 10.0. The average Bonchev–Trinajstić information content (AvgIpc) is 2.14. The molecule has 1 unspecified atom stereocenters. The van der Waals surface area contributed by atoms with Crippen molar-refractivity contribution in [2.24, 2.45) is 0 Å². The molecule has 13 heavy (non-hydrogen) atoms. The number of rotatable bonds is 3. The van der Waals surface area contributed by atoms with Gasteiger partial charge < -0.3 is 4.90 Å². The fourth-order valence-corrected chi connectivity index (χ4v) is 2.53. The van der Waals surface area contributed by atoms with Gasteiger partial charge in [-0.2, -0.15) is 0 Å². The van der Waals surface area contributed by atoms with Crippen molar-refractivity contribution in [3.8, 4) is 0 Å². The number of piperidine rings is 1. The van der Waals surface area contributed by atoms with Gasteiger partial charge in [-0.05, 0) is 25.7 Å². The molecule has 1 fully saturated rings. The number of carbonyl (C=O) groups excluding carboxylic acids is 1. The van der Waals surface area contributed by atoms with Crippen LogP contribution >= 0.6 is 15.9 Å². The number of carbonyl (C=O) groups is 1. The molecule has 0 N–H and O–H groups in total. The molecule has 0 aliphatic carbocycles. The van der Waals surface area contributed by atoms with Crippen molar-refractivity contribution in [2.45, 2.75) is 50.4 Å². The standard InChI is InChI=1S/C10H18BrNO/c1-3-8(4-2)12-7-5-6-9(11)10(12)13/h8-9H,3-7H2,1-2H3. The molecule has 1 aliphatic heterocycles. The van der Waals surface area contributed by atoms with E-state index in [1.807, 2.05) is 4.90 Å². The van der Waals surface area contributed by atoms with Gasteiger partial charge in [-0.15, -0.1) is 0 Å². The summed E-state index contributed by atoms with van der Waals surface area (Å²) in [4.78, 5) is 13.9. The molecule has 0 aromatic rings. The lowest BCUT2D eigenvalue weighted by Crippen LogP contribution is -2.47. The molecule has 1 aliphatic rings. The molecule has 0 spiro atoms. The number of likely N-dealkylation sites (tertiary alicyclic amines) is 1. The molecule has 1 rings (SSSR count). The van der Waals surface area contributed by atoms with Gasteiger partial charge in [0.05, 0.1) is 4.83 Å². The Labute approximate surface area is 88.8 Å². The Morgan fingerprint density at radius 3 is 2.69 bits per heavy atom. The van der Waals surface area contributed by atoms with Crippen LogP contribution in [0.3, 0.4) is 0 Å². The van der Waals surface area contributed by atoms with Crippen LogP contribution < -0.4 is 0 Å². The number of alkyl halides is 1. The van der Waals surface area contributed by atoms with Crippen molar-refractivity contribution in [3.05, 3.63) is 0 Å². The highest BCUT2D eigenvalue weighted by Gasteiger charge is 2.29. The molecule has 0 aromatic carbocycles. The van der Waals surface area contributed by atoms with Crippen LogP contribution in [0.2, 0.25) is 0 Å². The van der Waals surface area contributed by atoms with E-state index in [0.717, 1.165) is 32.2 Å². The summed E-state index contributed by atoms with van der Waals surface area (Å²) in [5.74, 6) is 0.292. The van der Waals surface area contributed by atoms with Gasteiger partial charge in [0.1, 0.15) is 0 Å². The van der Waals surface area contributed by atoms with Gasteiger partial charge in [0.25, 0.3) is 0 Å². The summed E-state index contributed by atoms with van der Waals surface area (Å²) in [5.41, 5.74) is 0. The number of halogens is 1. The molecule has 0 saturated carbocycles. The molecule has 0 bridgehead atoms. The highest BCUT2D eigenvalue weighted by Crippen LogP contribution is 2.22. The van der Waals surface area contributed by atoms with Crippen LogP contribution in [0.15, 0.2) is 0 Å². The van der Waals surface area contributed by atoms with Crippen molar-refractivity contribution < 1.29 is 4.79 Å². The first-order chi connectivity index (χ1) is 6.20. The lowest BCUT2D eigenvalue weighted by molar-refractivity contribution is -0.135. The quantitative estimate of drug-likeness (QED) is 0.703. The minimum absolute atomic E-state index is 0.0712. The van der Waals surface area contributed by atoms with Gasteiger partial charge >= 0.3 is 0 Å². The van der Waals surface area contributed by atoms with E-state index < -0.39 is 0 Å². The van der Waals surface area contributed by atoms with E-state index in [4.69, 9.17) is 0 Å². The third kappa shape index (κ3) is 2.46. The second-order valence-corrected chi connectivity index (χ2v) is 4.72. The van der Waals surface area contributed by atoms with Crippen LogP contribution in [0.5, 0.6) is 0 Å². The molecule has 1 atom stereocenters. The topological polar surface area (TPSA) is 20.3 Å².